The summed E-state index contributed by atoms with van der Waals surface area (Å²) < 4.78 is 16.8. The zero-order chi connectivity index (χ0) is 21.3. The van der Waals surface area contributed by atoms with Crippen LogP contribution < -0.4 is 19.5 Å². The lowest BCUT2D eigenvalue weighted by Gasteiger charge is -2.18. The van der Waals surface area contributed by atoms with Crippen LogP contribution in [0.1, 0.15) is 16.2 Å². The first-order chi connectivity index (χ1) is 14.4. The number of aryl methyl sites for hydroxylation is 1. The number of hydrogen-bond donors (Lipinski definition) is 3. The fraction of sp³-hybridized carbons (Fsp3) is 0.200. The number of nitrogens with zero attached hydrogens (tertiary/aromatic N) is 2. The molecule has 0 saturated carbocycles. The van der Waals surface area contributed by atoms with Gasteiger partial charge in [0.15, 0.2) is 22.9 Å². The van der Waals surface area contributed by atoms with Crippen LogP contribution in [-0.2, 0) is 4.79 Å². The zero-order valence-electron chi connectivity index (χ0n) is 15.8. The molecule has 30 heavy (non-hydrogen) atoms. The topological polar surface area (TPSA) is 140 Å². The van der Waals surface area contributed by atoms with Gasteiger partial charge in [0.2, 0.25) is 5.88 Å². The number of carboxylic acid groups (broad SMARTS) is 1. The van der Waals surface area contributed by atoms with Gasteiger partial charge in [-0.2, -0.15) is 0 Å². The van der Waals surface area contributed by atoms with Gasteiger partial charge in [0, 0.05) is 17.5 Å². The van der Waals surface area contributed by atoms with E-state index in [0.29, 0.717) is 41.7 Å². The smallest absolute Gasteiger partial charge is 0.322 e. The molecule has 1 amide bonds. The number of nitrogens with one attached hydrogen (secondary N) is 1. The van der Waals surface area contributed by atoms with E-state index in [0.717, 1.165) is 0 Å². The van der Waals surface area contributed by atoms with Crippen LogP contribution in [0, 0.1) is 6.92 Å². The molecule has 0 bridgehead atoms. The van der Waals surface area contributed by atoms with Crippen molar-refractivity contribution in [2.75, 3.05) is 19.8 Å². The second kappa shape index (κ2) is 7.74. The predicted octanol–water partition coefficient (Wildman–Crippen LogP) is 2.02. The minimum atomic E-state index is -1.21. The monoisotopic (exact) mass is 411 g/mol. The highest BCUT2D eigenvalue weighted by molar-refractivity contribution is 6.02. The number of amides is 1. The van der Waals surface area contributed by atoms with Crippen LogP contribution in [0.2, 0.25) is 0 Å². The standard InChI is InChI=1S/C20H17N3O7/c1-10-17-12(19(26)18(22-10)20(27)21-9-16(24)25)3-5-15(23-17)30-11-2-4-13-14(8-11)29-7-6-28-13/h2-5,8,26H,6-7,9H2,1H3,(H,21,27)(H,24,25). The van der Waals surface area contributed by atoms with Crippen LogP contribution in [-0.4, -0.2) is 51.8 Å². The minimum absolute atomic E-state index is 0.256. The van der Waals surface area contributed by atoms with Gasteiger partial charge in [-0.15, -0.1) is 0 Å². The number of carbonyl (C=O) groups excluding carboxylic acids is 1. The first-order valence-corrected chi connectivity index (χ1v) is 9.00. The van der Waals surface area contributed by atoms with E-state index >= 15 is 0 Å². The molecule has 1 aliphatic heterocycles. The molecule has 3 heterocycles. The van der Waals surface area contributed by atoms with Crippen LogP contribution in [0.25, 0.3) is 10.9 Å². The third-order valence-electron chi connectivity index (χ3n) is 4.32. The van der Waals surface area contributed by atoms with Crippen molar-refractivity contribution < 1.29 is 34.0 Å². The van der Waals surface area contributed by atoms with E-state index in [2.05, 4.69) is 15.3 Å². The summed E-state index contributed by atoms with van der Waals surface area (Å²) >= 11 is 0. The molecule has 154 valence electrons. The Morgan fingerprint density at radius 3 is 2.67 bits per heavy atom. The van der Waals surface area contributed by atoms with Gasteiger partial charge in [-0.1, -0.05) is 0 Å². The normalized spacial score (nSPS) is 12.4. The first-order valence-electron chi connectivity index (χ1n) is 9.00. The second-order valence-corrected chi connectivity index (χ2v) is 6.42. The molecule has 1 aliphatic rings. The summed E-state index contributed by atoms with van der Waals surface area (Å²) in [5.41, 5.74) is 0.441. The van der Waals surface area contributed by atoms with Gasteiger partial charge in [-0.3, -0.25) is 9.59 Å². The van der Waals surface area contributed by atoms with E-state index in [4.69, 9.17) is 19.3 Å². The van der Waals surface area contributed by atoms with E-state index in [1.54, 1.807) is 31.2 Å². The van der Waals surface area contributed by atoms with Gasteiger partial charge in [0.25, 0.3) is 5.91 Å². The number of fused-ring (bicyclic) bond motifs is 2. The fourth-order valence-electron chi connectivity index (χ4n) is 2.97. The quantitative estimate of drug-likeness (QED) is 0.575. The largest absolute Gasteiger partial charge is 0.505 e. The summed E-state index contributed by atoms with van der Waals surface area (Å²) in [5.74, 6) is -0.431. The number of carbonyl (C=O) groups is 2. The van der Waals surface area contributed by atoms with Gasteiger partial charge >= 0.3 is 5.97 Å². The molecule has 0 spiro atoms. The van der Waals surface area contributed by atoms with Crippen molar-refractivity contribution in [3.05, 3.63) is 41.7 Å². The molecule has 2 aromatic heterocycles. The van der Waals surface area contributed by atoms with Gasteiger partial charge < -0.3 is 29.7 Å². The molecular formula is C20H17N3O7. The van der Waals surface area contributed by atoms with Crippen molar-refractivity contribution in [2.45, 2.75) is 6.92 Å². The molecule has 0 saturated heterocycles. The third-order valence-corrected chi connectivity index (χ3v) is 4.32. The van der Waals surface area contributed by atoms with Crippen LogP contribution in [0.5, 0.6) is 28.9 Å². The van der Waals surface area contributed by atoms with Crippen molar-refractivity contribution in [3.63, 3.8) is 0 Å². The van der Waals surface area contributed by atoms with E-state index in [9.17, 15) is 14.7 Å². The molecule has 10 nitrogen and oxygen atoms in total. The fourth-order valence-corrected chi connectivity index (χ4v) is 2.97. The number of carboxylic acids is 1. The Kier molecular flexibility index (Phi) is 4.97. The highest BCUT2D eigenvalue weighted by atomic mass is 16.6. The number of pyridine rings is 2. The van der Waals surface area contributed by atoms with E-state index in [1.165, 1.54) is 6.07 Å². The highest BCUT2D eigenvalue weighted by Gasteiger charge is 2.20. The van der Waals surface area contributed by atoms with Crippen LogP contribution in [0.3, 0.4) is 0 Å². The average molecular weight is 411 g/mol. The molecule has 0 unspecified atom stereocenters. The molecule has 3 N–H and O–H groups in total. The number of benzene rings is 1. The summed E-state index contributed by atoms with van der Waals surface area (Å²) in [6.45, 7) is 1.98. The number of ether oxygens (including phenoxy) is 3. The third kappa shape index (κ3) is 3.75. The van der Waals surface area contributed by atoms with E-state index < -0.39 is 24.2 Å². The van der Waals surface area contributed by atoms with E-state index in [1.807, 2.05) is 0 Å². The molecule has 4 rings (SSSR count). The number of aromatic hydroxyl groups is 1. The van der Waals surface area contributed by atoms with Crippen LogP contribution in [0.4, 0.5) is 0 Å². The average Bonchev–Trinajstić information content (AvgIpc) is 2.74. The van der Waals surface area contributed by atoms with Crippen molar-refractivity contribution in [3.8, 4) is 28.9 Å². The maximum atomic E-state index is 12.1. The summed E-state index contributed by atoms with van der Waals surface area (Å²) in [6.07, 6.45) is 0. The lowest BCUT2D eigenvalue weighted by Crippen LogP contribution is -2.30. The summed E-state index contributed by atoms with van der Waals surface area (Å²) in [5, 5.41) is 21.6. The van der Waals surface area contributed by atoms with Crippen molar-refractivity contribution >= 4 is 22.8 Å². The van der Waals surface area contributed by atoms with Gasteiger partial charge in [-0.25, -0.2) is 9.97 Å². The second-order valence-electron chi connectivity index (χ2n) is 6.42. The lowest BCUT2D eigenvalue weighted by atomic mass is 10.1. The number of aliphatic carboxylic acids is 1. The number of hydrogen-bond acceptors (Lipinski definition) is 8. The Bertz CT molecular complexity index is 1160. The zero-order valence-corrected chi connectivity index (χ0v) is 15.8. The highest BCUT2D eigenvalue weighted by Crippen LogP contribution is 2.36. The first kappa shape index (κ1) is 19.2. The summed E-state index contributed by atoms with van der Waals surface area (Å²) in [7, 11) is 0. The Morgan fingerprint density at radius 2 is 1.90 bits per heavy atom. The molecule has 0 fully saturated rings. The Labute approximate surface area is 170 Å². The van der Waals surface area contributed by atoms with Crippen LogP contribution >= 0.6 is 0 Å². The Hall–Kier alpha value is -4.08. The lowest BCUT2D eigenvalue weighted by molar-refractivity contribution is -0.135. The predicted molar refractivity (Wildman–Crippen MR) is 103 cm³/mol. The number of rotatable bonds is 5. The van der Waals surface area contributed by atoms with Gasteiger partial charge in [0.05, 0.1) is 11.2 Å². The van der Waals surface area contributed by atoms with Crippen molar-refractivity contribution in [2.24, 2.45) is 0 Å². The number of aromatic nitrogens is 2. The molecule has 10 heteroatoms. The van der Waals surface area contributed by atoms with Crippen LogP contribution in [0.15, 0.2) is 30.3 Å². The Balaban J connectivity index is 1.63. The Morgan fingerprint density at radius 1 is 1.13 bits per heavy atom. The maximum Gasteiger partial charge on any atom is 0.322 e. The van der Waals surface area contributed by atoms with Crippen molar-refractivity contribution in [1.82, 2.24) is 15.3 Å². The maximum absolute atomic E-state index is 12.1. The van der Waals surface area contributed by atoms with Gasteiger partial charge in [0.1, 0.15) is 25.5 Å². The molecule has 0 atom stereocenters. The van der Waals surface area contributed by atoms with E-state index in [-0.39, 0.29) is 17.0 Å². The van der Waals surface area contributed by atoms with Crippen molar-refractivity contribution in [1.29, 1.82) is 0 Å². The molecular weight excluding hydrogens is 394 g/mol. The summed E-state index contributed by atoms with van der Waals surface area (Å²) in [4.78, 5) is 31.2. The SMILES string of the molecule is Cc1nc(C(=O)NCC(=O)O)c(O)c2ccc(Oc3ccc4c(c3)OCCO4)nc12. The summed E-state index contributed by atoms with van der Waals surface area (Å²) in [6, 6.07) is 8.24. The van der Waals surface area contributed by atoms with Gasteiger partial charge in [-0.05, 0) is 25.1 Å². The molecule has 3 aromatic rings. The molecule has 1 aromatic carbocycles. The molecule has 0 aliphatic carbocycles. The molecule has 0 radical (unpaired) electrons. The minimum Gasteiger partial charge on any atom is -0.505 e.